The van der Waals surface area contributed by atoms with Crippen molar-refractivity contribution in [1.29, 1.82) is 0 Å². The molecule has 6 nitrogen and oxygen atoms in total. The number of benzene rings is 2. The van der Waals surface area contributed by atoms with Gasteiger partial charge in [-0.05, 0) is 30.3 Å². The predicted molar refractivity (Wildman–Crippen MR) is 101 cm³/mol. The number of carbonyl (C=O) groups excluding carboxylic acids is 1. The third-order valence-electron chi connectivity index (χ3n) is 4.70. The summed E-state index contributed by atoms with van der Waals surface area (Å²) in [6, 6.07) is 14.1. The number of fused-ring (bicyclic) bond motifs is 3. The molecule has 0 radical (unpaired) electrons. The van der Waals surface area contributed by atoms with Crippen molar-refractivity contribution in [2.24, 2.45) is 0 Å². The van der Waals surface area contributed by atoms with Crippen LogP contribution >= 0.6 is 0 Å². The monoisotopic (exact) mass is 369 g/mol. The number of amides is 2. The van der Waals surface area contributed by atoms with Crippen LogP contribution < -0.4 is 5.32 Å². The van der Waals surface area contributed by atoms with Gasteiger partial charge in [-0.1, -0.05) is 18.2 Å². The normalized spacial score (nSPS) is 14.3. The van der Waals surface area contributed by atoms with Gasteiger partial charge in [0.1, 0.15) is 0 Å². The predicted octanol–water partition coefficient (Wildman–Crippen LogP) is 3.16. The number of nitrogens with one attached hydrogen (secondary N) is 2. The van der Waals surface area contributed by atoms with Crippen molar-refractivity contribution in [2.45, 2.75) is 17.9 Å². The van der Waals surface area contributed by atoms with Crippen LogP contribution in [0.5, 0.6) is 0 Å². The molecule has 1 aliphatic rings. The topological polar surface area (TPSA) is 82.3 Å². The molecule has 2 N–H and O–H groups in total. The van der Waals surface area contributed by atoms with Gasteiger partial charge >= 0.3 is 6.03 Å². The van der Waals surface area contributed by atoms with Gasteiger partial charge in [-0.25, -0.2) is 13.2 Å². The first-order chi connectivity index (χ1) is 12.4. The Kier molecular flexibility index (Phi) is 3.96. The molecule has 0 atom stereocenters. The van der Waals surface area contributed by atoms with Crippen LogP contribution in [0.1, 0.15) is 11.3 Å². The number of anilines is 1. The van der Waals surface area contributed by atoms with E-state index in [9.17, 15) is 13.2 Å². The van der Waals surface area contributed by atoms with Crippen LogP contribution in [0.25, 0.3) is 10.9 Å². The molecule has 0 spiro atoms. The van der Waals surface area contributed by atoms with E-state index in [1.165, 1.54) is 17.8 Å². The molecule has 2 aromatic carbocycles. The molecule has 0 bridgehead atoms. The van der Waals surface area contributed by atoms with Crippen LogP contribution in [0.4, 0.5) is 10.5 Å². The smallest absolute Gasteiger partial charge is 0.322 e. The summed E-state index contributed by atoms with van der Waals surface area (Å²) in [6.45, 7) is 1.18. The van der Waals surface area contributed by atoms with Crippen LogP contribution in [-0.2, 0) is 22.8 Å². The van der Waals surface area contributed by atoms with Crippen molar-refractivity contribution in [3.05, 3.63) is 59.8 Å². The van der Waals surface area contributed by atoms with Crippen molar-refractivity contribution in [1.82, 2.24) is 9.88 Å². The molecule has 1 aliphatic heterocycles. The summed E-state index contributed by atoms with van der Waals surface area (Å²) < 4.78 is 23.0. The number of H-pyrrole nitrogens is 1. The minimum absolute atomic E-state index is 0.187. The quantitative estimate of drug-likeness (QED) is 0.728. The molecule has 0 fully saturated rings. The molecular formula is C19H19N3O3S. The summed E-state index contributed by atoms with van der Waals surface area (Å²) in [5.41, 5.74) is 4.02. The van der Waals surface area contributed by atoms with E-state index in [0.717, 1.165) is 29.1 Å². The van der Waals surface area contributed by atoms with Gasteiger partial charge < -0.3 is 15.2 Å². The summed E-state index contributed by atoms with van der Waals surface area (Å²) in [4.78, 5) is 18.0. The number of sulfone groups is 1. The van der Waals surface area contributed by atoms with E-state index in [1.54, 1.807) is 17.0 Å². The Bertz CT molecular complexity index is 1080. The summed E-state index contributed by atoms with van der Waals surface area (Å²) in [7, 11) is -3.24. The van der Waals surface area contributed by atoms with Crippen molar-refractivity contribution in [3.63, 3.8) is 0 Å². The highest BCUT2D eigenvalue weighted by Crippen LogP contribution is 2.28. The fourth-order valence-electron chi connectivity index (χ4n) is 3.33. The summed E-state index contributed by atoms with van der Waals surface area (Å²) >= 11 is 0. The average Bonchev–Trinajstić information content (AvgIpc) is 2.99. The maximum atomic E-state index is 12.6. The number of hydrogen-bond acceptors (Lipinski definition) is 3. The number of urea groups is 1. The van der Waals surface area contributed by atoms with Crippen LogP contribution in [-0.4, -0.2) is 37.1 Å². The van der Waals surface area contributed by atoms with Gasteiger partial charge in [0.2, 0.25) is 0 Å². The van der Waals surface area contributed by atoms with E-state index in [4.69, 9.17) is 0 Å². The maximum Gasteiger partial charge on any atom is 0.322 e. The molecule has 0 unspecified atom stereocenters. The fraction of sp³-hybridized carbons (Fsp3) is 0.211. The standard InChI is InChI=1S/C19H19N3O3S/c1-26(24,25)14-8-6-13(7-9-14)20-19(23)22-11-10-18-16(12-22)15-4-2-3-5-17(15)21-18/h2-9,21H,10-12H2,1H3,(H,20,23). The fourth-order valence-corrected chi connectivity index (χ4v) is 3.96. The SMILES string of the molecule is CS(=O)(=O)c1ccc(NC(=O)N2CCc3[nH]c4ccccc4c3C2)cc1. The van der Waals surface area contributed by atoms with Crippen LogP contribution in [0.3, 0.4) is 0 Å². The average molecular weight is 369 g/mol. The zero-order chi connectivity index (χ0) is 18.3. The first-order valence-corrected chi connectivity index (χ1v) is 10.3. The van der Waals surface area contributed by atoms with E-state index in [1.807, 2.05) is 18.2 Å². The second kappa shape index (κ2) is 6.17. The van der Waals surface area contributed by atoms with E-state index in [0.29, 0.717) is 18.8 Å². The number of hydrogen-bond donors (Lipinski definition) is 2. The minimum atomic E-state index is -3.24. The molecule has 4 rings (SSSR count). The molecule has 3 aromatic rings. The highest BCUT2D eigenvalue weighted by Gasteiger charge is 2.24. The molecular weight excluding hydrogens is 350 g/mol. The van der Waals surface area contributed by atoms with Crippen molar-refractivity contribution >= 4 is 32.5 Å². The second-order valence-electron chi connectivity index (χ2n) is 6.53. The van der Waals surface area contributed by atoms with E-state index < -0.39 is 9.84 Å². The first kappa shape index (κ1) is 16.7. The lowest BCUT2D eigenvalue weighted by Crippen LogP contribution is -2.38. The Balaban J connectivity index is 1.51. The van der Waals surface area contributed by atoms with Gasteiger partial charge in [0, 0.05) is 53.6 Å². The number of para-hydroxylation sites is 1. The van der Waals surface area contributed by atoms with Gasteiger partial charge in [-0.2, -0.15) is 0 Å². The van der Waals surface area contributed by atoms with Crippen molar-refractivity contribution in [2.75, 3.05) is 18.1 Å². The Morgan fingerprint density at radius 2 is 1.85 bits per heavy atom. The number of nitrogens with zero attached hydrogens (tertiary/aromatic N) is 1. The Morgan fingerprint density at radius 1 is 1.12 bits per heavy atom. The van der Waals surface area contributed by atoms with Crippen molar-refractivity contribution in [3.8, 4) is 0 Å². The van der Waals surface area contributed by atoms with E-state index in [-0.39, 0.29) is 10.9 Å². The zero-order valence-electron chi connectivity index (χ0n) is 14.3. The van der Waals surface area contributed by atoms with Crippen LogP contribution in [0.2, 0.25) is 0 Å². The van der Waals surface area contributed by atoms with Crippen molar-refractivity contribution < 1.29 is 13.2 Å². The van der Waals surface area contributed by atoms with E-state index >= 15 is 0 Å². The highest BCUT2D eigenvalue weighted by atomic mass is 32.2. The number of aromatic amines is 1. The molecule has 7 heteroatoms. The highest BCUT2D eigenvalue weighted by molar-refractivity contribution is 7.90. The number of aromatic nitrogens is 1. The van der Waals surface area contributed by atoms with Gasteiger partial charge in [0.05, 0.1) is 4.90 Å². The molecule has 2 amide bonds. The molecule has 134 valence electrons. The molecule has 2 heterocycles. The van der Waals surface area contributed by atoms with Gasteiger partial charge in [0.25, 0.3) is 0 Å². The van der Waals surface area contributed by atoms with Crippen LogP contribution in [0.15, 0.2) is 53.4 Å². The Labute approximate surface area is 151 Å². The summed E-state index contributed by atoms with van der Waals surface area (Å²) in [5.74, 6) is 0. The van der Waals surface area contributed by atoms with Gasteiger partial charge in [-0.3, -0.25) is 0 Å². The second-order valence-corrected chi connectivity index (χ2v) is 8.54. The zero-order valence-corrected chi connectivity index (χ0v) is 15.1. The lowest BCUT2D eigenvalue weighted by molar-refractivity contribution is 0.206. The van der Waals surface area contributed by atoms with E-state index in [2.05, 4.69) is 16.4 Å². The Hall–Kier alpha value is -2.80. The molecule has 0 saturated heterocycles. The first-order valence-electron chi connectivity index (χ1n) is 8.36. The molecule has 0 aliphatic carbocycles. The third-order valence-corrected chi connectivity index (χ3v) is 5.83. The molecule has 0 saturated carbocycles. The number of carbonyl (C=O) groups is 1. The lowest BCUT2D eigenvalue weighted by atomic mass is 10.0. The van der Waals surface area contributed by atoms with Gasteiger partial charge in [0.15, 0.2) is 9.84 Å². The minimum Gasteiger partial charge on any atom is -0.358 e. The Morgan fingerprint density at radius 3 is 2.58 bits per heavy atom. The largest absolute Gasteiger partial charge is 0.358 e. The third kappa shape index (κ3) is 3.06. The maximum absolute atomic E-state index is 12.6. The molecule has 1 aromatic heterocycles. The van der Waals surface area contributed by atoms with Crippen LogP contribution in [0, 0.1) is 0 Å². The summed E-state index contributed by atoms with van der Waals surface area (Å²) in [5, 5.41) is 3.99. The number of rotatable bonds is 2. The van der Waals surface area contributed by atoms with Gasteiger partial charge in [-0.15, -0.1) is 0 Å². The molecule has 26 heavy (non-hydrogen) atoms. The summed E-state index contributed by atoms with van der Waals surface area (Å²) in [6.07, 6.45) is 1.94. The lowest BCUT2D eigenvalue weighted by Gasteiger charge is -2.27.